The third-order valence-electron chi connectivity index (χ3n) is 3.47. The Morgan fingerprint density at radius 1 is 0.846 bits per heavy atom. The molecular formula is C19H33NO6. The molecule has 1 amide bonds. The van der Waals surface area contributed by atoms with E-state index in [1.807, 2.05) is 0 Å². The lowest BCUT2D eigenvalue weighted by atomic mass is 10.2. The molecule has 0 aliphatic carbocycles. The Morgan fingerprint density at radius 3 is 2.15 bits per heavy atom. The van der Waals surface area contributed by atoms with Crippen LogP contribution in [0.5, 0.6) is 0 Å². The first kappa shape index (κ1) is 23.9. The minimum absolute atomic E-state index is 0.0708. The Labute approximate surface area is 156 Å². The summed E-state index contributed by atoms with van der Waals surface area (Å²) in [5.74, 6) is -0.649. The molecule has 0 aliphatic heterocycles. The van der Waals surface area contributed by atoms with Crippen molar-refractivity contribution < 1.29 is 28.6 Å². The number of carbonyl (C=O) groups is 3. The highest BCUT2D eigenvalue weighted by Gasteiger charge is 2.05. The van der Waals surface area contributed by atoms with Gasteiger partial charge in [0.25, 0.3) is 0 Å². The van der Waals surface area contributed by atoms with Crippen LogP contribution in [0.25, 0.3) is 0 Å². The fourth-order valence-corrected chi connectivity index (χ4v) is 1.97. The van der Waals surface area contributed by atoms with Crippen LogP contribution in [-0.4, -0.2) is 44.4 Å². The Morgan fingerprint density at radius 2 is 1.50 bits per heavy atom. The predicted molar refractivity (Wildman–Crippen MR) is 98.7 cm³/mol. The Bertz CT molecular complexity index is 436. The van der Waals surface area contributed by atoms with Crippen molar-refractivity contribution in [3.05, 3.63) is 12.2 Å². The molecule has 7 heteroatoms. The van der Waals surface area contributed by atoms with Crippen LogP contribution in [0.3, 0.4) is 0 Å². The lowest BCUT2D eigenvalue weighted by Gasteiger charge is -2.08. The zero-order chi connectivity index (χ0) is 19.6. The Hall–Kier alpha value is -2.05. The molecule has 0 aromatic rings. The second-order valence-electron chi connectivity index (χ2n) is 6.07. The van der Waals surface area contributed by atoms with E-state index in [4.69, 9.17) is 14.2 Å². The minimum atomic E-state index is -0.553. The summed E-state index contributed by atoms with van der Waals surface area (Å²) in [6.45, 7) is 8.19. The first-order chi connectivity index (χ1) is 12.5. The van der Waals surface area contributed by atoms with Gasteiger partial charge in [-0.25, -0.2) is 9.59 Å². The van der Waals surface area contributed by atoms with Crippen LogP contribution in [-0.2, 0) is 23.8 Å². The largest absolute Gasteiger partial charge is 0.466 e. The molecule has 0 unspecified atom stereocenters. The number of unbranched alkanes of at least 4 members (excludes halogenated alkanes) is 5. The quantitative estimate of drug-likeness (QED) is 0.205. The molecule has 0 aliphatic rings. The number of esters is 2. The molecule has 26 heavy (non-hydrogen) atoms. The minimum Gasteiger partial charge on any atom is -0.466 e. The van der Waals surface area contributed by atoms with Crippen molar-refractivity contribution in [1.29, 1.82) is 0 Å². The molecular weight excluding hydrogens is 338 g/mol. The van der Waals surface area contributed by atoms with E-state index in [0.29, 0.717) is 25.0 Å². The van der Waals surface area contributed by atoms with Crippen molar-refractivity contribution >= 4 is 18.0 Å². The summed E-state index contributed by atoms with van der Waals surface area (Å²) in [6.07, 6.45) is 6.39. The van der Waals surface area contributed by atoms with Gasteiger partial charge in [0.05, 0.1) is 19.8 Å². The average Bonchev–Trinajstić information content (AvgIpc) is 2.61. The normalized spacial score (nSPS) is 10.1. The molecule has 0 bridgehead atoms. The summed E-state index contributed by atoms with van der Waals surface area (Å²) in [6, 6.07) is 0. The van der Waals surface area contributed by atoms with E-state index in [2.05, 4.69) is 18.8 Å². The van der Waals surface area contributed by atoms with Crippen molar-refractivity contribution in [2.45, 2.75) is 65.2 Å². The molecule has 0 rings (SSSR count). The van der Waals surface area contributed by atoms with E-state index in [9.17, 15) is 14.4 Å². The summed E-state index contributed by atoms with van der Waals surface area (Å²) in [4.78, 5) is 34.0. The molecule has 0 atom stereocenters. The Balaban J connectivity index is 3.40. The number of rotatable bonds is 15. The number of hydrogen-bond donors (Lipinski definition) is 1. The molecule has 7 nitrogen and oxygen atoms in total. The van der Waals surface area contributed by atoms with Gasteiger partial charge in [-0.3, -0.25) is 4.79 Å². The van der Waals surface area contributed by atoms with Gasteiger partial charge < -0.3 is 19.5 Å². The molecule has 0 radical (unpaired) electrons. The van der Waals surface area contributed by atoms with Gasteiger partial charge in [0.15, 0.2) is 0 Å². The third-order valence-corrected chi connectivity index (χ3v) is 3.47. The highest BCUT2D eigenvalue weighted by molar-refractivity contribution is 5.86. The average molecular weight is 371 g/mol. The highest BCUT2D eigenvalue weighted by atomic mass is 16.6. The molecule has 0 spiro atoms. The summed E-state index contributed by atoms with van der Waals surface area (Å²) >= 11 is 0. The maximum Gasteiger partial charge on any atom is 0.407 e. The summed E-state index contributed by atoms with van der Waals surface area (Å²) in [5.41, 5.74) is 0.313. The third kappa shape index (κ3) is 15.5. The first-order valence-corrected chi connectivity index (χ1v) is 9.36. The van der Waals surface area contributed by atoms with Crippen molar-refractivity contribution in [3.63, 3.8) is 0 Å². The molecule has 0 fully saturated rings. The second kappa shape index (κ2) is 16.4. The van der Waals surface area contributed by atoms with Crippen molar-refractivity contribution in [1.82, 2.24) is 5.32 Å². The highest BCUT2D eigenvalue weighted by Crippen LogP contribution is 2.04. The van der Waals surface area contributed by atoms with E-state index < -0.39 is 12.1 Å². The fourth-order valence-electron chi connectivity index (χ4n) is 1.97. The van der Waals surface area contributed by atoms with Crippen LogP contribution in [0.4, 0.5) is 4.79 Å². The zero-order valence-electron chi connectivity index (χ0n) is 16.1. The van der Waals surface area contributed by atoms with Crippen LogP contribution in [0.1, 0.15) is 65.2 Å². The molecule has 0 saturated heterocycles. The van der Waals surface area contributed by atoms with E-state index >= 15 is 0 Å². The van der Waals surface area contributed by atoms with Gasteiger partial charge in [0.1, 0.15) is 6.61 Å². The lowest BCUT2D eigenvalue weighted by molar-refractivity contribution is -0.144. The number of amides is 1. The standard InChI is InChI=1S/C19H33NO6/c1-4-5-6-9-13-24-17(21)11-8-7-10-14-26-19(23)20-12-15-25-18(22)16(2)3/h2,4-15H2,1,3H3,(H,20,23). The molecule has 1 N–H and O–H groups in total. The van der Waals surface area contributed by atoms with Crippen LogP contribution < -0.4 is 5.32 Å². The first-order valence-electron chi connectivity index (χ1n) is 9.36. The van der Waals surface area contributed by atoms with E-state index in [1.165, 1.54) is 6.42 Å². The molecule has 0 heterocycles. The van der Waals surface area contributed by atoms with Crippen LogP contribution in [0.2, 0.25) is 0 Å². The van der Waals surface area contributed by atoms with Gasteiger partial charge in [-0.05, 0) is 32.6 Å². The van der Waals surface area contributed by atoms with Gasteiger partial charge in [-0.15, -0.1) is 0 Å². The molecule has 0 saturated carbocycles. The molecule has 0 aromatic heterocycles. The van der Waals surface area contributed by atoms with Gasteiger partial charge >= 0.3 is 18.0 Å². The number of carbonyl (C=O) groups excluding carboxylic acids is 3. The number of ether oxygens (including phenoxy) is 3. The number of nitrogens with one attached hydrogen (secondary N) is 1. The van der Waals surface area contributed by atoms with E-state index in [0.717, 1.165) is 32.1 Å². The summed E-state index contributed by atoms with van der Waals surface area (Å²) < 4.78 is 15.0. The summed E-state index contributed by atoms with van der Waals surface area (Å²) in [7, 11) is 0. The van der Waals surface area contributed by atoms with Gasteiger partial charge in [-0.1, -0.05) is 32.8 Å². The van der Waals surface area contributed by atoms with Gasteiger partial charge in [-0.2, -0.15) is 0 Å². The maximum atomic E-state index is 11.5. The van der Waals surface area contributed by atoms with E-state index in [1.54, 1.807) is 6.92 Å². The fraction of sp³-hybridized carbons (Fsp3) is 0.737. The zero-order valence-corrected chi connectivity index (χ0v) is 16.1. The predicted octanol–water partition coefficient (Wildman–Crippen LogP) is 3.52. The molecule has 0 aromatic carbocycles. The smallest absolute Gasteiger partial charge is 0.407 e. The maximum absolute atomic E-state index is 11.5. The monoisotopic (exact) mass is 371 g/mol. The number of alkyl carbamates (subject to hydrolysis) is 1. The number of hydrogen-bond acceptors (Lipinski definition) is 6. The topological polar surface area (TPSA) is 90.9 Å². The molecule has 150 valence electrons. The van der Waals surface area contributed by atoms with Crippen LogP contribution >= 0.6 is 0 Å². The lowest BCUT2D eigenvalue weighted by Crippen LogP contribution is -2.29. The summed E-state index contributed by atoms with van der Waals surface area (Å²) in [5, 5.41) is 2.48. The van der Waals surface area contributed by atoms with Crippen LogP contribution in [0.15, 0.2) is 12.2 Å². The SMILES string of the molecule is C=C(C)C(=O)OCCNC(=O)OCCCCCC(=O)OCCCCCC. The van der Waals surface area contributed by atoms with Crippen LogP contribution in [0, 0.1) is 0 Å². The Kier molecular flexibility index (Phi) is 15.1. The van der Waals surface area contributed by atoms with Gasteiger partial charge in [0.2, 0.25) is 0 Å². The van der Waals surface area contributed by atoms with Gasteiger partial charge in [0, 0.05) is 12.0 Å². The van der Waals surface area contributed by atoms with Crippen molar-refractivity contribution in [2.75, 3.05) is 26.4 Å². The van der Waals surface area contributed by atoms with Crippen molar-refractivity contribution in [3.8, 4) is 0 Å². The van der Waals surface area contributed by atoms with E-state index in [-0.39, 0.29) is 25.7 Å². The van der Waals surface area contributed by atoms with Crippen molar-refractivity contribution in [2.24, 2.45) is 0 Å². The second-order valence-corrected chi connectivity index (χ2v) is 6.07.